The first-order valence-electron chi connectivity index (χ1n) is 6.91. The minimum absolute atomic E-state index is 0.0895. The molecule has 0 amide bonds. The molecule has 0 aliphatic carbocycles. The summed E-state index contributed by atoms with van der Waals surface area (Å²) < 4.78 is 12.9. The molecule has 2 aromatic carbocycles. The molecular formula is C17H18Cl2FN. The first-order valence-corrected chi connectivity index (χ1v) is 7.66. The number of benzene rings is 2. The molecule has 0 aromatic heterocycles. The lowest BCUT2D eigenvalue weighted by Gasteiger charge is -2.21. The molecule has 0 saturated carbocycles. The molecule has 112 valence electrons. The van der Waals surface area contributed by atoms with Gasteiger partial charge in [-0.25, -0.2) is 4.39 Å². The number of hydrogen-bond donors (Lipinski definition) is 1. The van der Waals surface area contributed by atoms with Crippen LogP contribution in [0.3, 0.4) is 0 Å². The Labute approximate surface area is 135 Å². The van der Waals surface area contributed by atoms with Gasteiger partial charge in [0, 0.05) is 22.1 Å². The molecule has 0 fully saturated rings. The molecule has 2 rings (SSSR count). The fraction of sp³-hybridized carbons (Fsp3) is 0.294. The maximum absolute atomic E-state index is 12.9. The normalized spacial score (nSPS) is 14.0. The van der Waals surface area contributed by atoms with E-state index >= 15 is 0 Å². The first kappa shape index (κ1) is 16.3. The number of halogens is 3. The van der Waals surface area contributed by atoms with E-state index in [1.807, 2.05) is 24.3 Å². The SMILES string of the molecule is CC(Cc1ccc(F)cc1)NC(C)c1cc(Cl)ccc1Cl. The summed E-state index contributed by atoms with van der Waals surface area (Å²) in [6, 6.07) is 12.4. The van der Waals surface area contributed by atoms with E-state index in [0.29, 0.717) is 10.0 Å². The number of rotatable bonds is 5. The molecule has 0 bridgehead atoms. The fourth-order valence-corrected chi connectivity index (χ4v) is 2.86. The Kier molecular flexibility index (Phi) is 5.63. The molecule has 2 atom stereocenters. The van der Waals surface area contributed by atoms with Crippen LogP contribution in [0.25, 0.3) is 0 Å². The standard InChI is InChI=1S/C17H18Cl2FN/c1-11(9-13-3-6-15(20)7-4-13)21-12(2)16-10-14(18)5-8-17(16)19/h3-8,10-12,21H,9H2,1-2H3. The second kappa shape index (κ2) is 7.26. The summed E-state index contributed by atoms with van der Waals surface area (Å²) in [5, 5.41) is 4.87. The van der Waals surface area contributed by atoms with Crippen molar-refractivity contribution in [2.45, 2.75) is 32.4 Å². The summed E-state index contributed by atoms with van der Waals surface area (Å²) in [7, 11) is 0. The van der Waals surface area contributed by atoms with Crippen molar-refractivity contribution in [3.63, 3.8) is 0 Å². The highest BCUT2D eigenvalue weighted by Crippen LogP contribution is 2.26. The first-order chi connectivity index (χ1) is 9.95. The van der Waals surface area contributed by atoms with Gasteiger partial charge < -0.3 is 5.32 Å². The Hall–Kier alpha value is -1.09. The highest BCUT2D eigenvalue weighted by atomic mass is 35.5. The average molecular weight is 326 g/mol. The fourth-order valence-electron chi connectivity index (χ4n) is 2.40. The van der Waals surface area contributed by atoms with Gasteiger partial charge >= 0.3 is 0 Å². The van der Waals surface area contributed by atoms with Crippen LogP contribution in [0, 0.1) is 5.82 Å². The summed E-state index contributed by atoms with van der Waals surface area (Å²) in [4.78, 5) is 0. The summed E-state index contributed by atoms with van der Waals surface area (Å²) in [5.41, 5.74) is 2.08. The van der Waals surface area contributed by atoms with E-state index in [0.717, 1.165) is 17.5 Å². The van der Waals surface area contributed by atoms with Crippen LogP contribution in [0.5, 0.6) is 0 Å². The molecule has 4 heteroatoms. The third-order valence-electron chi connectivity index (χ3n) is 3.41. The third-order valence-corrected chi connectivity index (χ3v) is 3.99. The molecular weight excluding hydrogens is 308 g/mol. The lowest BCUT2D eigenvalue weighted by Crippen LogP contribution is -2.30. The predicted molar refractivity (Wildman–Crippen MR) is 87.6 cm³/mol. The Balaban J connectivity index is 2.00. The van der Waals surface area contributed by atoms with Gasteiger partial charge in [0.15, 0.2) is 0 Å². The zero-order valence-corrected chi connectivity index (χ0v) is 13.5. The van der Waals surface area contributed by atoms with E-state index in [2.05, 4.69) is 19.2 Å². The minimum Gasteiger partial charge on any atom is -0.307 e. The Morgan fingerprint density at radius 2 is 1.71 bits per heavy atom. The maximum Gasteiger partial charge on any atom is 0.123 e. The van der Waals surface area contributed by atoms with Crippen molar-refractivity contribution >= 4 is 23.2 Å². The molecule has 0 spiro atoms. The highest BCUT2D eigenvalue weighted by molar-refractivity contribution is 6.33. The van der Waals surface area contributed by atoms with Gasteiger partial charge in [0.05, 0.1) is 0 Å². The monoisotopic (exact) mass is 325 g/mol. The van der Waals surface area contributed by atoms with Crippen LogP contribution >= 0.6 is 23.2 Å². The quantitative estimate of drug-likeness (QED) is 0.774. The molecule has 0 heterocycles. The van der Waals surface area contributed by atoms with Crippen LogP contribution in [-0.4, -0.2) is 6.04 Å². The summed E-state index contributed by atoms with van der Waals surface area (Å²) >= 11 is 12.2. The average Bonchev–Trinajstić information content (AvgIpc) is 2.44. The van der Waals surface area contributed by atoms with Gasteiger partial charge in [0.25, 0.3) is 0 Å². The van der Waals surface area contributed by atoms with Crippen molar-refractivity contribution in [2.24, 2.45) is 0 Å². The van der Waals surface area contributed by atoms with E-state index in [-0.39, 0.29) is 17.9 Å². The van der Waals surface area contributed by atoms with Crippen molar-refractivity contribution in [1.82, 2.24) is 5.32 Å². The van der Waals surface area contributed by atoms with Crippen molar-refractivity contribution < 1.29 is 4.39 Å². The summed E-state index contributed by atoms with van der Waals surface area (Å²) in [5.74, 6) is -0.210. The Morgan fingerprint density at radius 3 is 2.38 bits per heavy atom. The second-order valence-corrected chi connectivity index (χ2v) is 6.13. The molecule has 0 saturated heterocycles. The third kappa shape index (κ3) is 4.70. The Morgan fingerprint density at radius 1 is 1.05 bits per heavy atom. The zero-order valence-electron chi connectivity index (χ0n) is 12.0. The molecule has 0 radical (unpaired) electrons. The molecule has 0 aliphatic heterocycles. The number of nitrogens with one attached hydrogen (secondary N) is 1. The molecule has 0 aliphatic rings. The lowest BCUT2D eigenvalue weighted by atomic mass is 10.0. The van der Waals surface area contributed by atoms with Crippen LogP contribution < -0.4 is 5.32 Å². The summed E-state index contributed by atoms with van der Waals surface area (Å²) in [6.45, 7) is 4.15. The molecule has 2 aromatic rings. The second-order valence-electron chi connectivity index (χ2n) is 5.29. The van der Waals surface area contributed by atoms with Gasteiger partial charge in [-0.1, -0.05) is 35.3 Å². The van der Waals surface area contributed by atoms with Gasteiger partial charge in [-0.2, -0.15) is 0 Å². The van der Waals surface area contributed by atoms with Crippen LogP contribution in [0.4, 0.5) is 4.39 Å². The number of hydrogen-bond acceptors (Lipinski definition) is 1. The van der Waals surface area contributed by atoms with E-state index in [1.54, 1.807) is 6.07 Å². The largest absolute Gasteiger partial charge is 0.307 e. The van der Waals surface area contributed by atoms with E-state index in [1.165, 1.54) is 12.1 Å². The predicted octanol–water partition coefficient (Wildman–Crippen LogP) is 5.41. The van der Waals surface area contributed by atoms with Crippen LogP contribution in [0.15, 0.2) is 42.5 Å². The molecule has 2 unspecified atom stereocenters. The van der Waals surface area contributed by atoms with Gasteiger partial charge in [-0.05, 0) is 61.7 Å². The van der Waals surface area contributed by atoms with Crippen LogP contribution in [0.1, 0.15) is 31.0 Å². The zero-order chi connectivity index (χ0) is 15.4. The van der Waals surface area contributed by atoms with Crippen LogP contribution in [-0.2, 0) is 6.42 Å². The van der Waals surface area contributed by atoms with Crippen molar-refractivity contribution in [2.75, 3.05) is 0 Å². The molecule has 1 nitrogen and oxygen atoms in total. The van der Waals surface area contributed by atoms with E-state index in [4.69, 9.17) is 23.2 Å². The van der Waals surface area contributed by atoms with Crippen molar-refractivity contribution in [3.8, 4) is 0 Å². The van der Waals surface area contributed by atoms with Crippen molar-refractivity contribution in [3.05, 3.63) is 69.5 Å². The van der Waals surface area contributed by atoms with Crippen molar-refractivity contribution in [1.29, 1.82) is 0 Å². The summed E-state index contributed by atoms with van der Waals surface area (Å²) in [6.07, 6.45) is 0.822. The molecule has 21 heavy (non-hydrogen) atoms. The maximum atomic E-state index is 12.9. The van der Waals surface area contributed by atoms with E-state index in [9.17, 15) is 4.39 Å². The van der Waals surface area contributed by atoms with Gasteiger partial charge in [0.2, 0.25) is 0 Å². The van der Waals surface area contributed by atoms with Gasteiger partial charge in [0.1, 0.15) is 5.82 Å². The Bertz CT molecular complexity index is 598. The van der Waals surface area contributed by atoms with Crippen LogP contribution in [0.2, 0.25) is 10.0 Å². The molecule has 1 N–H and O–H groups in total. The van der Waals surface area contributed by atoms with Gasteiger partial charge in [-0.15, -0.1) is 0 Å². The minimum atomic E-state index is -0.210. The van der Waals surface area contributed by atoms with E-state index < -0.39 is 0 Å². The lowest BCUT2D eigenvalue weighted by molar-refractivity contribution is 0.477. The van der Waals surface area contributed by atoms with Gasteiger partial charge in [-0.3, -0.25) is 0 Å². The topological polar surface area (TPSA) is 12.0 Å². The smallest absolute Gasteiger partial charge is 0.123 e. The highest BCUT2D eigenvalue weighted by Gasteiger charge is 2.13.